The van der Waals surface area contributed by atoms with Gasteiger partial charge in [0.25, 0.3) is 0 Å². The van der Waals surface area contributed by atoms with E-state index in [2.05, 4.69) is 0 Å². The summed E-state index contributed by atoms with van der Waals surface area (Å²) in [4.78, 5) is 13.6. The van der Waals surface area contributed by atoms with E-state index in [1.54, 1.807) is 0 Å². The summed E-state index contributed by atoms with van der Waals surface area (Å²) in [5, 5.41) is 0. The molecular formula is C9H16N2O. The van der Waals surface area contributed by atoms with Gasteiger partial charge in [0.15, 0.2) is 0 Å². The Morgan fingerprint density at radius 2 is 2.08 bits per heavy atom. The summed E-state index contributed by atoms with van der Waals surface area (Å²) >= 11 is 0. The molecule has 0 radical (unpaired) electrons. The quantitative estimate of drug-likeness (QED) is 0.652. The van der Waals surface area contributed by atoms with Gasteiger partial charge < -0.3 is 10.6 Å². The fraction of sp³-hybridized carbons (Fsp3) is 0.889. The smallest absolute Gasteiger partial charge is 0.242 e. The Morgan fingerprint density at radius 1 is 1.50 bits per heavy atom. The number of carbonyl (C=O) groups excluding carboxylic acids is 1. The number of likely N-dealkylation sites (N-methyl/N-ethyl adjacent to an activating group) is 1. The highest BCUT2D eigenvalue weighted by Gasteiger charge is 2.44. The number of nitrogens with two attached hydrogens (primary N) is 1. The first-order chi connectivity index (χ1) is 5.63. The molecule has 0 spiro atoms. The molecule has 0 saturated heterocycles. The maximum atomic E-state index is 11.7. The highest BCUT2D eigenvalue weighted by atomic mass is 16.2. The van der Waals surface area contributed by atoms with Crippen LogP contribution < -0.4 is 5.73 Å². The molecule has 2 rings (SSSR count). The highest BCUT2D eigenvalue weighted by molar-refractivity contribution is 5.87. The Kier molecular flexibility index (Phi) is 1.65. The molecule has 0 aromatic rings. The maximum Gasteiger partial charge on any atom is 0.242 e. The molecule has 2 aliphatic rings. The Labute approximate surface area is 72.9 Å². The van der Waals surface area contributed by atoms with Crippen LogP contribution in [0.3, 0.4) is 0 Å². The van der Waals surface area contributed by atoms with Crippen molar-refractivity contribution < 1.29 is 4.79 Å². The second-order valence-electron chi connectivity index (χ2n) is 4.16. The number of nitrogens with zero attached hydrogens (tertiary/aromatic N) is 1. The Balaban J connectivity index is 1.97. The lowest BCUT2D eigenvalue weighted by molar-refractivity contribution is -0.139. The molecule has 0 aromatic heterocycles. The number of hydrogen-bond acceptors (Lipinski definition) is 2. The van der Waals surface area contributed by atoms with Crippen LogP contribution in [0.4, 0.5) is 0 Å². The van der Waals surface area contributed by atoms with Crippen LogP contribution in [0.25, 0.3) is 0 Å². The molecule has 0 bridgehead atoms. The molecule has 3 nitrogen and oxygen atoms in total. The van der Waals surface area contributed by atoms with E-state index >= 15 is 0 Å². The van der Waals surface area contributed by atoms with Crippen LogP contribution in [-0.4, -0.2) is 29.4 Å². The molecule has 2 saturated carbocycles. The Morgan fingerprint density at radius 3 is 2.42 bits per heavy atom. The standard InChI is InChI=1S/C9H16N2O/c1-11(7-3-4-7)8(12)9(10)5-2-6-9/h7H,2-6,10H2,1H3. The summed E-state index contributed by atoms with van der Waals surface area (Å²) in [5.74, 6) is 0.163. The summed E-state index contributed by atoms with van der Waals surface area (Å²) in [6.07, 6.45) is 5.20. The topological polar surface area (TPSA) is 46.3 Å². The lowest BCUT2D eigenvalue weighted by Gasteiger charge is -2.39. The van der Waals surface area contributed by atoms with Crippen molar-refractivity contribution in [2.45, 2.75) is 43.7 Å². The summed E-state index contributed by atoms with van der Waals surface area (Å²) in [7, 11) is 1.88. The molecule has 0 aliphatic heterocycles. The van der Waals surface area contributed by atoms with Crippen molar-refractivity contribution in [2.24, 2.45) is 5.73 Å². The van der Waals surface area contributed by atoms with Gasteiger partial charge in [-0.05, 0) is 32.1 Å². The molecule has 1 amide bonds. The average Bonchev–Trinajstić information content (AvgIpc) is 2.79. The van der Waals surface area contributed by atoms with Gasteiger partial charge in [-0.15, -0.1) is 0 Å². The fourth-order valence-corrected chi connectivity index (χ4v) is 1.75. The zero-order chi connectivity index (χ0) is 8.77. The predicted molar refractivity (Wildman–Crippen MR) is 46.6 cm³/mol. The first kappa shape index (κ1) is 8.05. The number of amides is 1. The first-order valence-electron chi connectivity index (χ1n) is 4.70. The minimum absolute atomic E-state index is 0.163. The van der Waals surface area contributed by atoms with Crippen LogP contribution in [0.5, 0.6) is 0 Å². The SMILES string of the molecule is CN(C(=O)C1(N)CCC1)C1CC1. The molecule has 0 unspecified atom stereocenters. The van der Waals surface area contributed by atoms with E-state index in [4.69, 9.17) is 5.73 Å². The molecule has 12 heavy (non-hydrogen) atoms. The van der Waals surface area contributed by atoms with Crippen molar-refractivity contribution >= 4 is 5.91 Å². The monoisotopic (exact) mass is 168 g/mol. The summed E-state index contributed by atoms with van der Waals surface area (Å²) in [5.41, 5.74) is 5.43. The van der Waals surface area contributed by atoms with Gasteiger partial charge in [0, 0.05) is 13.1 Å². The molecule has 2 fully saturated rings. The van der Waals surface area contributed by atoms with Crippen LogP contribution in [0.2, 0.25) is 0 Å². The molecular weight excluding hydrogens is 152 g/mol. The molecule has 3 heteroatoms. The van der Waals surface area contributed by atoms with Crippen LogP contribution >= 0.6 is 0 Å². The Bertz CT molecular complexity index is 207. The van der Waals surface area contributed by atoms with Gasteiger partial charge in [0.05, 0.1) is 5.54 Å². The van der Waals surface area contributed by atoms with Crippen molar-refractivity contribution in [3.05, 3.63) is 0 Å². The van der Waals surface area contributed by atoms with E-state index in [-0.39, 0.29) is 5.91 Å². The number of carbonyl (C=O) groups is 1. The van der Waals surface area contributed by atoms with Crippen molar-refractivity contribution in [1.29, 1.82) is 0 Å². The minimum atomic E-state index is -0.489. The number of rotatable bonds is 2. The third-order valence-corrected chi connectivity index (χ3v) is 3.09. The molecule has 68 valence electrons. The average molecular weight is 168 g/mol. The van der Waals surface area contributed by atoms with Crippen LogP contribution in [0, 0.1) is 0 Å². The molecule has 2 aliphatic carbocycles. The van der Waals surface area contributed by atoms with Gasteiger partial charge in [-0.25, -0.2) is 0 Å². The summed E-state index contributed by atoms with van der Waals surface area (Å²) in [6.45, 7) is 0. The molecule has 0 heterocycles. The summed E-state index contributed by atoms with van der Waals surface area (Å²) in [6, 6.07) is 0.499. The normalized spacial score (nSPS) is 26.2. The molecule has 0 aromatic carbocycles. The lowest BCUT2D eigenvalue weighted by atomic mass is 9.76. The molecule has 0 atom stereocenters. The fourth-order valence-electron chi connectivity index (χ4n) is 1.75. The first-order valence-corrected chi connectivity index (χ1v) is 4.70. The van der Waals surface area contributed by atoms with Crippen molar-refractivity contribution in [1.82, 2.24) is 4.90 Å². The molecule has 2 N–H and O–H groups in total. The van der Waals surface area contributed by atoms with Crippen molar-refractivity contribution in [3.8, 4) is 0 Å². The van der Waals surface area contributed by atoms with E-state index in [0.717, 1.165) is 19.3 Å². The highest BCUT2D eigenvalue weighted by Crippen LogP contribution is 2.34. The maximum absolute atomic E-state index is 11.7. The second kappa shape index (κ2) is 2.46. The van der Waals surface area contributed by atoms with Gasteiger partial charge in [0.1, 0.15) is 0 Å². The second-order valence-corrected chi connectivity index (χ2v) is 4.16. The lowest BCUT2D eigenvalue weighted by Crippen LogP contribution is -2.59. The van der Waals surface area contributed by atoms with Crippen molar-refractivity contribution in [2.75, 3.05) is 7.05 Å². The zero-order valence-electron chi connectivity index (χ0n) is 7.55. The third-order valence-electron chi connectivity index (χ3n) is 3.09. The van der Waals surface area contributed by atoms with E-state index in [9.17, 15) is 4.79 Å². The zero-order valence-corrected chi connectivity index (χ0v) is 7.55. The van der Waals surface area contributed by atoms with Gasteiger partial charge in [0.2, 0.25) is 5.91 Å². The number of hydrogen-bond donors (Lipinski definition) is 1. The van der Waals surface area contributed by atoms with Crippen LogP contribution in [0.15, 0.2) is 0 Å². The van der Waals surface area contributed by atoms with E-state index in [1.165, 1.54) is 12.8 Å². The predicted octanol–water partition coefficient (Wildman–Crippen LogP) is 0.489. The van der Waals surface area contributed by atoms with Gasteiger partial charge in [-0.1, -0.05) is 0 Å². The third kappa shape index (κ3) is 1.12. The van der Waals surface area contributed by atoms with E-state index in [0.29, 0.717) is 6.04 Å². The van der Waals surface area contributed by atoms with E-state index in [1.807, 2.05) is 11.9 Å². The van der Waals surface area contributed by atoms with Crippen LogP contribution in [0.1, 0.15) is 32.1 Å². The summed E-state index contributed by atoms with van der Waals surface area (Å²) < 4.78 is 0. The van der Waals surface area contributed by atoms with E-state index < -0.39 is 5.54 Å². The Hall–Kier alpha value is -0.570. The van der Waals surface area contributed by atoms with Crippen molar-refractivity contribution in [3.63, 3.8) is 0 Å². The van der Waals surface area contributed by atoms with Gasteiger partial charge in [-0.3, -0.25) is 4.79 Å². The van der Waals surface area contributed by atoms with Gasteiger partial charge in [-0.2, -0.15) is 0 Å². The van der Waals surface area contributed by atoms with Crippen LogP contribution in [-0.2, 0) is 4.79 Å². The minimum Gasteiger partial charge on any atom is -0.341 e. The largest absolute Gasteiger partial charge is 0.341 e. The van der Waals surface area contributed by atoms with Gasteiger partial charge >= 0.3 is 0 Å².